The Morgan fingerprint density at radius 1 is 1.22 bits per heavy atom. The Hall–Kier alpha value is -1.10. The second-order valence-electron chi connectivity index (χ2n) is 3.81. The van der Waals surface area contributed by atoms with Crippen LogP contribution >= 0.6 is 0 Å². The van der Waals surface area contributed by atoms with E-state index in [1.807, 2.05) is 6.92 Å². The van der Waals surface area contributed by atoms with Crippen molar-refractivity contribution in [3.05, 3.63) is 40.0 Å². The molecule has 0 atom stereocenters. The summed E-state index contributed by atoms with van der Waals surface area (Å²) >= 11 is 0.0264. The van der Waals surface area contributed by atoms with Crippen LogP contribution in [0.4, 0.5) is 13.2 Å². The Morgan fingerprint density at radius 2 is 1.83 bits per heavy atom. The number of alkyl halides is 3. The molecule has 0 unspecified atom stereocenters. The Balaban J connectivity index is 2.34. The van der Waals surface area contributed by atoms with Crippen LogP contribution in [-0.2, 0) is 12.7 Å². The van der Waals surface area contributed by atoms with E-state index in [4.69, 9.17) is 5.73 Å². The van der Waals surface area contributed by atoms with Gasteiger partial charge in [0.15, 0.2) is 0 Å². The molecule has 0 fully saturated rings. The molecule has 2 aromatic rings. The summed E-state index contributed by atoms with van der Waals surface area (Å²) in [7, 11) is 0. The molecule has 0 spiro atoms. The number of hydrogen-bond acceptors (Lipinski definition) is 2. The Kier molecular flexibility index (Phi) is 3.61. The number of aryl methyl sites for hydroxylation is 1. The van der Waals surface area contributed by atoms with Gasteiger partial charge < -0.3 is 0 Å². The van der Waals surface area contributed by atoms with Crippen LogP contribution in [0, 0.1) is 6.92 Å². The van der Waals surface area contributed by atoms with Crippen LogP contribution in [0.5, 0.6) is 0 Å². The van der Waals surface area contributed by atoms with Gasteiger partial charge in [-0.1, -0.05) is 0 Å². The first kappa shape index (κ1) is 13.3. The molecule has 96 valence electrons. The van der Waals surface area contributed by atoms with Crippen molar-refractivity contribution < 1.29 is 13.2 Å². The van der Waals surface area contributed by atoms with Gasteiger partial charge in [-0.3, -0.25) is 0 Å². The first-order valence-electron chi connectivity index (χ1n) is 5.26. The molecule has 0 radical (unpaired) electrons. The Labute approximate surface area is 108 Å². The number of halogens is 3. The average Bonchev–Trinajstić information content (AvgIpc) is 2.69. The van der Waals surface area contributed by atoms with Crippen molar-refractivity contribution in [3.63, 3.8) is 0 Å². The van der Waals surface area contributed by atoms with E-state index >= 15 is 0 Å². The Bertz CT molecular complexity index is 543. The number of aromatic nitrogens is 1. The van der Waals surface area contributed by atoms with Crippen molar-refractivity contribution in [1.82, 2.24) is 4.98 Å². The summed E-state index contributed by atoms with van der Waals surface area (Å²) in [6, 6.07) is 5.11. The van der Waals surface area contributed by atoms with Gasteiger partial charge in [-0.25, -0.2) is 0 Å². The van der Waals surface area contributed by atoms with Crippen molar-refractivity contribution in [1.29, 1.82) is 0 Å². The van der Waals surface area contributed by atoms with Gasteiger partial charge in [0.2, 0.25) is 0 Å². The van der Waals surface area contributed by atoms with Crippen molar-refractivity contribution in [2.45, 2.75) is 19.6 Å². The number of hydrogen-bond donors (Lipinski definition) is 1. The summed E-state index contributed by atoms with van der Waals surface area (Å²) in [5.41, 5.74) is 6.58. The molecule has 0 bridgehead atoms. The van der Waals surface area contributed by atoms with E-state index < -0.39 is 11.7 Å². The van der Waals surface area contributed by atoms with Crippen molar-refractivity contribution >= 4 is 14.5 Å². The zero-order valence-corrected chi connectivity index (χ0v) is 11.3. The summed E-state index contributed by atoms with van der Waals surface area (Å²) in [5.74, 6) is 0. The van der Waals surface area contributed by atoms with E-state index in [1.165, 1.54) is 12.1 Å². The zero-order valence-electron chi connectivity index (χ0n) is 9.58. The van der Waals surface area contributed by atoms with Crippen LogP contribution in [-0.4, -0.2) is 19.5 Å². The minimum absolute atomic E-state index is 0.0264. The second kappa shape index (κ2) is 4.88. The minimum atomic E-state index is -4.29. The van der Waals surface area contributed by atoms with Crippen LogP contribution in [0.15, 0.2) is 24.3 Å². The maximum absolute atomic E-state index is 12.4. The summed E-state index contributed by atoms with van der Waals surface area (Å²) in [4.78, 5) is 4.37. The van der Waals surface area contributed by atoms with Crippen LogP contribution in [0.1, 0.15) is 15.7 Å². The summed E-state index contributed by atoms with van der Waals surface area (Å²) < 4.78 is 39.2. The molecule has 0 saturated carbocycles. The van der Waals surface area contributed by atoms with E-state index in [0.29, 0.717) is 6.54 Å². The molecule has 1 aromatic heterocycles. The number of nitrogens with two attached hydrogens (primary N) is 1. The van der Waals surface area contributed by atoms with Gasteiger partial charge >= 0.3 is 108 Å². The van der Waals surface area contributed by atoms with Gasteiger partial charge in [0.25, 0.3) is 0 Å². The zero-order chi connectivity index (χ0) is 13.3. The molecule has 18 heavy (non-hydrogen) atoms. The van der Waals surface area contributed by atoms with E-state index in [2.05, 4.69) is 4.98 Å². The number of nitrogens with zero attached hydrogens (tertiary/aromatic N) is 1. The van der Waals surface area contributed by atoms with Gasteiger partial charge in [-0.2, -0.15) is 0 Å². The second-order valence-corrected chi connectivity index (χ2v) is 6.08. The molecular weight excluding hydrogens is 308 g/mol. The first-order chi connectivity index (χ1) is 8.41. The SMILES string of the molecule is Cc1nc(-c2ccc(C(F)(F)F)cc2)[se]c1CN. The topological polar surface area (TPSA) is 38.9 Å². The molecule has 2 nitrogen and oxygen atoms in total. The first-order valence-corrected chi connectivity index (χ1v) is 6.97. The molecule has 1 heterocycles. The van der Waals surface area contributed by atoms with Crippen molar-refractivity contribution in [3.8, 4) is 10.1 Å². The normalized spacial score (nSPS) is 11.8. The van der Waals surface area contributed by atoms with E-state index in [0.717, 1.165) is 32.4 Å². The summed E-state index contributed by atoms with van der Waals surface area (Å²) in [5, 5.41) is 0. The van der Waals surface area contributed by atoms with E-state index in [9.17, 15) is 13.2 Å². The maximum atomic E-state index is 12.4. The molecule has 0 aliphatic heterocycles. The standard InChI is InChI=1S/C12H11F3N2Se/c1-7-10(6-16)18-11(17-7)8-2-4-9(5-3-8)12(13,14)15/h2-5H,6,16H2,1H3. The van der Waals surface area contributed by atoms with Crippen LogP contribution in [0.2, 0.25) is 0 Å². The van der Waals surface area contributed by atoms with Crippen molar-refractivity contribution in [2.75, 3.05) is 0 Å². The molecule has 2 rings (SSSR count). The Morgan fingerprint density at radius 3 is 2.28 bits per heavy atom. The van der Waals surface area contributed by atoms with Gasteiger partial charge in [-0.15, -0.1) is 0 Å². The molecular formula is C12H11F3N2Se. The van der Waals surface area contributed by atoms with Crippen LogP contribution in [0.3, 0.4) is 0 Å². The van der Waals surface area contributed by atoms with Gasteiger partial charge in [0, 0.05) is 0 Å². The van der Waals surface area contributed by atoms with Gasteiger partial charge in [0.1, 0.15) is 0 Å². The predicted molar refractivity (Wildman–Crippen MR) is 64.2 cm³/mol. The molecule has 0 saturated heterocycles. The number of rotatable bonds is 2. The molecule has 6 heteroatoms. The monoisotopic (exact) mass is 320 g/mol. The number of benzene rings is 1. The fourth-order valence-electron chi connectivity index (χ4n) is 1.54. The quantitative estimate of drug-likeness (QED) is 0.864. The van der Waals surface area contributed by atoms with Crippen LogP contribution < -0.4 is 5.73 Å². The van der Waals surface area contributed by atoms with E-state index in [-0.39, 0.29) is 14.5 Å². The fourth-order valence-corrected chi connectivity index (χ4v) is 3.53. The van der Waals surface area contributed by atoms with E-state index in [1.54, 1.807) is 0 Å². The summed E-state index contributed by atoms with van der Waals surface area (Å²) in [6.07, 6.45) is -4.29. The molecule has 2 N–H and O–H groups in total. The molecule has 1 aromatic carbocycles. The fraction of sp³-hybridized carbons (Fsp3) is 0.250. The summed E-state index contributed by atoms with van der Waals surface area (Å²) in [6.45, 7) is 2.33. The molecule has 0 amide bonds. The van der Waals surface area contributed by atoms with Gasteiger partial charge in [-0.05, 0) is 0 Å². The van der Waals surface area contributed by atoms with Crippen molar-refractivity contribution in [2.24, 2.45) is 5.73 Å². The van der Waals surface area contributed by atoms with Gasteiger partial charge in [0.05, 0.1) is 0 Å². The van der Waals surface area contributed by atoms with Crippen LogP contribution in [0.25, 0.3) is 10.1 Å². The third kappa shape index (κ3) is 2.66. The molecule has 0 aliphatic rings. The third-order valence-corrected chi connectivity index (χ3v) is 5.12. The molecule has 0 aliphatic carbocycles. The predicted octanol–water partition coefficient (Wildman–Crippen LogP) is 2.59. The average molecular weight is 319 g/mol. The third-order valence-electron chi connectivity index (χ3n) is 2.54.